The van der Waals surface area contributed by atoms with Gasteiger partial charge in [0.25, 0.3) is 5.91 Å². The minimum absolute atomic E-state index is 0.137. The standard InChI is InChI=1S/C20H20N4O3S3/c25-18(16-9-6-10-17(13-16)24-11-4-5-12-30(24,26)27)21-19-22-23-20(29-19)28-14-15-7-2-1-3-8-15/h1-3,6-10,13H,4-5,11-12,14H2,(H,21,22,25). The molecule has 0 unspecified atom stereocenters. The number of amides is 1. The molecular formula is C20H20N4O3S3. The van der Waals surface area contributed by atoms with E-state index in [1.807, 2.05) is 30.3 Å². The normalized spacial score (nSPS) is 15.7. The summed E-state index contributed by atoms with van der Waals surface area (Å²) in [4.78, 5) is 12.7. The van der Waals surface area contributed by atoms with Crippen molar-refractivity contribution in [3.05, 3.63) is 65.7 Å². The van der Waals surface area contributed by atoms with E-state index in [2.05, 4.69) is 15.5 Å². The second-order valence-corrected chi connectivity index (χ2v) is 11.0. The molecule has 156 valence electrons. The van der Waals surface area contributed by atoms with E-state index in [0.717, 1.165) is 16.5 Å². The lowest BCUT2D eigenvalue weighted by molar-refractivity contribution is 0.102. The Bertz CT molecular complexity index is 1130. The highest BCUT2D eigenvalue weighted by Crippen LogP contribution is 2.29. The van der Waals surface area contributed by atoms with Gasteiger partial charge in [0.1, 0.15) is 0 Å². The van der Waals surface area contributed by atoms with E-state index in [4.69, 9.17) is 0 Å². The summed E-state index contributed by atoms with van der Waals surface area (Å²) in [5.41, 5.74) is 2.08. The van der Waals surface area contributed by atoms with Gasteiger partial charge in [-0.25, -0.2) is 8.42 Å². The van der Waals surface area contributed by atoms with Crippen LogP contribution < -0.4 is 9.62 Å². The third-order valence-corrected chi connectivity index (χ3v) is 8.49. The minimum atomic E-state index is -3.33. The Kier molecular flexibility index (Phi) is 6.35. The van der Waals surface area contributed by atoms with E-state index >= 15 is 0 Å². The Balaban J connectivity index is 1.41. The molecule has 1 N–H and O–H groups in total. The summed E-state index contributed by atoms with van der Waals surface area (Å²) in [6.45, 7) is 0.436. The van der Waals surface area contributed by atoms with Crippen molar-refractivity contribution < 1.29 is 13.2 Å². The number of sulfonamides is 1. The number of aromatic nitrogens is 2. The van der Waals surface area contributed by atoms with Gasteiger partial charge in [-0.05, 0) is 36.6 Å². The molecule has 0 saturated carbocycles. The number of carbonyl (C=O) groups excluding carboxylic acids is 1. The lowest BCUT2D eigenvalue weighted by atomic mass is 10.2. The lowest BCUT2D eigenvalue weighted by Crippen LogP contribution is -2.37. The van der Waals surface area contributed by atoms with E-state index in [1.54, 1.807) is 36.0 Å². The highest BCUT2D eigenvalue weighted by Gasteiger charge is 2.26. The van der Waals surface area contributed by atoms with Crippen molar-refractivity contribution in [3.8, 4) is 0 Å². The minimum Gasteiger partial charge on any atom is -0.296 e. The maximum Gasteiger partial charge on any atom is 0.257 e. The molecule has 1 aliphatic rings. The summed E-state index contributed by atoms with van der Waals surface area (Å²) in [7, 11) is -3.33. The van der Waals surface area contributed by atoms with Crippen LogP contribution in [0.15, 0.2) is 58.9 Å². The van der Waals surface area contributed by atoms with Crippen LogP contribution in [0, 0.1) is 0 Å². The quantitative estimate of drug-likeness (QED) is 0.441. The van der Waals surface area contributed by atoms with Crippen LogP contribution >= 0.6 is 23.1 Å². The zero-order valence-corrected chi connectivity index (χ0v) is 18.5. The van der Waals surface area contributed by atoms with Gasteiger partial charge in [-0.3, -0.25) is 14.4 Å². The molecule has 10 heteroatoms. The van der Waals surface area contributed by atoms with Crippen molar-refractivity contribution >= 4 is 49.8 Å². The van der Waals surface area contributed by atoms with Crippen molar-refractivity contribution in [1.29, 1.82) is 0 Å². The predicted octanol–water partition coefficient (Wildman–Crippen LogP) is 4.01. The van der Waals surface area contributed by atoms with E-state index in [9.17, 15) is 13.2 Å². The first kappa shape index (κ1) is 20.8. The average molecular weight is 461 g/mol. The van der Waals surface area contributed by atoms with E-state index < -0.39 is 10.0 Å². The van der Waals surface area contributed by atoms with Crippen molar-refractivity contribution in [3.63, 3.8) is 0 Å². The van der Waals surface area contributed by atoms with Crippen LogP contribution in [0.4, 0.5) is 10.8 Å². The number of anilines is 2. The van der Waals surface area contributed by atoms with Crippen molar-refractivity contribution in [1.82, 2.24) is 10.2 Å². The molecule has 0 radical (unpaired) electrons. The van der Waals surface area contributed by atoms with Gasteiger partial charge in [0.2, 0.25) is 15.2 Å². The smallest absolute Gasteiger partial charge is 0.257 e. The second-order valence-electron chi connectivity index (χ2n) is 6.75. The van der Waals surface area contributed by atoms with Crippen molar-refractivity contribution in [2.75, 3.05) is 21.9 Å². The first-order valence-corrected chi connectivity index (χ1v) is 12.8. The largest absolute Gasteiger partial charge is 0.296 e. The number of hydrogen-bond acceptors (Lipinski definition) is 7. The van der Waals surface area contributed by atoms with Crippen LogP contribution in [0.5, 0.6) is 0 Å². The number of nitrogens with one attached hydrogen (secondary N) is 1. The molecule has 1 fully saturated rings. The number of carbonyl (C=O) groups is 1. The van der Waals surface area contributed by atoms with Crippen LogP contribution in [0.3, 0.4) is 0 Å². The van der Waals surface area contributed by atoms with Gasteiger partial charge < -0.3 is 0 Å². The molecule has 4 rings (SSSR count). The van der Waals surface area contributed by atoms with Gasteiger partial charge in [0.05, 0.1) is 11.4 Å². The van der Waals surface area contributed by atoms with Gasteiger partial charge >= 0.3 is 0 Å². The SMILES string of the molecule is O=C(Nc1nnc(SCc2ccccc2)s1)c1cccc(N2CCCCS2(=O)=O)c1. The van der Waals surface area contributed by atoms with Crippen molar-refractivity contribution in [2.24, 2.45) is 0 Å². The van der Waals surface area contributed by atoms with Crippen LogP contribution in [-0.4, -0.2) is 36.8 Å². The molecule has 0 aliphatic carbocycles. The second kappa shape index (κ2) is 9.15. The first-order valence-electron chi connectivity index (χ1n) is 9.43. The van der Waals surface area contributed by atoms with E-state index in [1.165, 1.54) is 21.2 Å². The fourth-order valence-corrected chi connectivity index (χ4v) is 6.42. The number of hydrogen-bond donors (Lipinski definition) is 1. The molecule has 0 atom stereocenters. The third-order valence-electron chi connectivity index (χ3n) is 4.58. The molecule has 0 spiro atoms. The molecule has 2 heterocycles. The Morgan fingerprint density at radius 1 is 1.10 bits per heavy atom. The fraction of sp³-hybridized carbons (Fsp3) is 0.250. The molecule has 30 heavy (non-hydrogen) atoms. The maximum absolute atomic E-state index is 12.7. The van der Waals surface area contributed by atoms with Gasteiger partial charge in [-0.15, -0.1) is 10.2 Å². The number of rotatable bonds is 6. The zero-order chi connectivity index (χ0) is 21.0. The fourth-order valence-electron chi connectivity index (χ4n) is 3.09. The zero-order valence-electron chi connectivity index (χ0n) is 16.0. The van der Waals surface area contributed by atoms with E-state index in [-0.39, 0.29) is 11.7 Å². The Labute approximate surface area is 183 Å². The molecule has 2 aromatic carbocycles. The summed E-state index contributed by atoms with van der Waals surface area (Å²) in [5.74, 6) is 0.565. The summed E-state index contributed by atoms with van der Waals surface area (Å²) < 4.78 is 26.8. The molecule has 7 nitrogen and oxygen atoms in total. The van der Waals surface area contributed by atoms with Crippen LogP contribution in [0.1, 0.15) is 28.8 Å². The Morgan fingerprint density at radius 3 is 2.73 bits per heavy atom. The maximum atomic E-state index is 12.7. The highest BCUT2D eigenvalue weighted by molar-refractivity contribution is 8.00. The molecule has 1 amide bonds. The molecular weight excluding hydrogens is 440 g/mol. The lowest BCUT2D eigenvalue weighted by Gasteiger charge is -2.28. The van der Waals surface area contributed by atoms with Gasteiger partial charge in [0, 0.05) is 17.9 Å². The first-order chi connectivity index (χ1) is 14.5. The summed E-state index contributed by atoms with van der Waals surface area (Å²) in [6, 6.07) is 16.7. The van der Waals surface area contributed by atoms with Gasteiger partial charge in [0.15, 0.2) is 4.34 Å². The molecule has 0 bridgehead atoms. The number of thioether (sulfide) groups is 1. The molecule has 3 aromatic rings. The summed E-state index contributed by atoms with van der Waals surface area (Å²) >= 11 is 2.87. The number of benzene rings is 2. The Hall–Kier alpha value is -2.43. The van der Waals surface area contributed by atoms with Crippen LogP contribution in [0.25, 0.3) is 0 Å². The van der Waals surface area contributed by atoms with Crippen molar-refractivity contribution in [2.45, 2.75) is 22.9 Å². The number of nitrogens with zero attached hydrogens (tertiary/aromatic N) is 3. The van der Waals surface area contributed by atoms with Gasteiger partial charge in [-0.2, -0.15) is 0 Å². The topological polar surface area (TPSA) is 92.3 Å². The molecule has 1 aromatic heterocycles. The van der Waals surface area contributed by atoms with Crippen LogP contribution in [-0.2, 0) is 15.8 Å². The van der Waals surface area contributed by atoms with Gasteiger partial charge in [-0.1, -0.05) is 59.5 Å². The van der Waals surface area contributed by atoms with E-state index in [0.29, 0.717) is 29.3 Å². The highest BCUT2D eigenvalue weighted by atomic mass is 32.2. The Morgan fingerprint density at radius 2 is 1.93 bits per heavy atom. The molecule has 1 saturated heterocycles. The summed E-state index contributed by atoms with van der Waals surface area (Å²) in [6.07, 6.45) is 1.48. The third kappa shape index (κ3) is 5.00. The summed E-state index contributed by atoms with van der Waals surface area (Å²) in [5, 5.41) is 11.3. The predicted molar refractivity (Wildman–Crippen MR) is 121 cm³/mol. The molecule has 1 aliphatic heterocycles. The monoisotopic (exact) mass is 460 g/mol. The van der Waals surface area contributed by atoms with Crippen LogP contribution in [0.2, 0.25) is 0 Å². The average Bonchev–Trinajstić information content (AvgIpc) is 3.20.